The summed E-state index contributed by atoms with van der Waals surface area (Å²) in [4.78, 5) is 5.57. The minimum Gasteiger partial charge on any atom is -0.342 e. The van der Waals surface area contributed by atoms with Crippen molar-refractivity contribution >= 4 is 111 Å². The largest absolute Gasteiger partial charge is 0.342 e. The van der Waals surface area contributed by atoms with Gasteiger partial charge in [0.1, 0.15) is 0 Å². The number of para-hydroxylation sites is 2. The lowest BCUT2D eigenvalue weighted by Gasteiger charge is -2.45. The van der Waals surface area contributed by atoms with Crippen molar-refractivity contribution in [3.8, 4) is 72.4 Å². The third-order valence-electron chi connectivity index (χ3n) is 25.6. The van der Waals surface area contributed by atoms with Gasteiger partial charge in [0.15, 0.2) is 0 Å². The number of hydrogen-bond donors (Lipinski definition) is 0. The van der Waals surface area contributed by atoms with E-state index >= 15 is 0 Å². The Hall–Kier alpha value is -14.1. The average molecular weight is 1510 g/mol. The Balaban J connectivity index is 0.792. The van der Waals surface area contributed by atoms with Crippen molar-refractivity contribution in [2.24, 2.45) is 0 Å². The number of rotatable bonds is 17. The Morgan fingerprint density at radius 2 is 0.636 bits per heavy atom. The quantitative estimate of drug-likeness (QED) is 0.0511. The van der Waals surface area contributed by atoms with Crippen LogP contribution in [0, 0.1) is 0 Å². The molecule has 118 heavy (non-hydrogen) atoms. The summed E-state index contributed by atoms with van der Waals surface area (Å²) in [5.41, 5.74) is 36.2. The van der Waals surface area contributed by atoms with E-state index in [0.29, 0.717) is 13.1 Å². The van der Waals surface area contributed by atoms with Gasteiger partial charge >= 0.3 is 0 Å². The number of hydrogen-bond acceptors (Lipinski definition) is 2. The summed E-state index contributed by atoms with van der Waals surface area (Å²) < 4.78 is 2.52. The molecule has 1 aromatic heterocycles. The highest BCUT2D eigenvalue weighted by Gasteiger charge is 2.44. The lowest BCUT2D eigenvalue weighted by molar-refractivity contribution is 0.590. The van der Waals surface area contributed by atoms with E-state index in [4.69, 9.17) is 0 Å². The Morgan fingerprint density at radius 3 is 1.11 bits per heavy atom. The Labute approximate surface area is 691 Å². The van der Waals surface area contributed by atoms with Crippen LogP contribution in [0.5, 0.6) is 0 Å². The van der Waals surface area contributed by atoms with Gasteiger partial charge in [-0.3, -0.25) is 0 Å². The average Bonchev–Trinajstić information content (AvgIpc) is 1.36. The third-order valence-corrected chi connectivity index (χ3v) is 25.6. The number of nitrogens with zero attached hydrogens (tertiary/aromatic N) is 3. The van der Waals surface area contributed by atoms with Crippen LogP contribution >= 0.6 is 0 Å². The molecule has 0 unspecified atom stereocenters. The first-order valence-electron chi connectivity index (χ1n) is 42.0. The van der Waals surface area contributed by atoms with Crippen molar-refractivity contribution < 1.29 is 0 Å². The molecular weight excluding hydrogens is 1420 g/mol. The molecular formula is C114H86BN3. The second-order valence-corrected chi connectivity index (χ2v) is 33.6. The zero-order valence-corrected chi connectivity index (χ0v) is 66.7. The first kappa shape index (κ1) is 70.6. The maximum absolute atomic E-state index is 2.79. The van der Waals surface area contributed by atoms with Crippen molar-refractivity contribution in [2.45, 2.75) is 51.9 Å². The van der Waals surface area contributed by atoms with E-state index in [1.807, 2.05) is 0 Å². The molecule has 19 aromatic carbocycles. The lowest BCUT2D eigenvalue weighted by atomic mass is 9.33. The highest BCUT2D eigenvalue weighted by Crippen LogP contribution is 2.48. The van der Waals surface area contributed by atoms with Gasteiger partial charge in [-0.1, -0.05) is 348 Å². The standard InChI is InChI=1S/C114H86BN3/c1-114(2,3)89-54-51-75(52-55-89)63-78-68-109-113-110(69-78)117(62-60-92-100(83-37-18-8-19-38-83)72-88(80-31-12-5-13-32-80)73-101(92)84-39-20-9-21-40-84)108-74-90(118-105-49-24-22-44-93(105)94-45-23-25-50-106(94)118)56-58-104(108)115(113)103-57-53-76(64-77-65-86-43-28-47-96-95-46-26-41-85-42-27-48-97(111(85)95)102(66-77)112(86)96)67-107(103)116(109)61-59-91-98(81-33-14-6-15-34-81)70-87(79-29-10-4-11-30-79)71-99(91)82-35-16-7-17-36-82/h4-58,65-74H,59-64H2,1-3H3. The molecule has 0 atom stereocenters. The van der Waals surface area contributed by atoms with Gasteiger partial charge in [0.05, 0.1) is 11.0 Å². The van der Waals surface area contributed by atoms with Gasteiger partial charge in [-0.05, 0) is 263 Å². The molecule has 2 aliphatic rings. The van der Waals surface area contributed by atoms with E-state index in [0.717, 1.165) is 31.4 Å². The summed E-state index contributed by atoms with van der Waals surface area (Å²) in [5, 5.41) is 13.0. The van der Waals surface area contributed by atoms with E-state index < -0.39 is 0 Å². The SMILES string of the molecule is CC(C)(C)c1ccc(Cc2cc3c4c(c2)N(CCc2c(-c5ccccc5)cc(-c5ccccc5)cc2-c2ccccc2)c2cc(-n5c6ccccc6c6ccccc65)ccc2B4c2ccc(Cc4cc5cccc6c7cccc8cccc(c(c4)c56)c87)cc2N3CCc2c(-c3ccccc3)cc(-c3ccccc3)cc2-c2ccccc2)cc1. The monoisotopic (exact) mass is 1510 g/mol. The number of fused-ring (bicyclic) bond motifs is 9. The van der Waals surface area contributed by atoms with Crippen LogP contribution in [0.3, 0.4) is 0 Å². The smallest absolute Gasteiger partial charge is 0.252 e. The van der Waals surface area contributed by atoms with Gasteiger partial charge in [0.25, 0.3) is 6.71 Å². The van der Waals surface area contributed by atoms with E-state index in [-0.39, 0.29) is 12.1 Å². The minimum absolute atomic E-state index is 0.00261. The molecule has 0 radical (unpaired) electrons. The topological polar surface area (TPSA) is 11.4 Å². The Bertz CT molecular complexity index is 7070. The number of benzene rings is 19. The summed E-state index contributed by atoms with van der Waals surface area (Å²) in [6.07, 6.45) is 3.00. The van der Waals surface area contributed by atoms with Gasteiger partial charge in [-0.2, -0.15) is 0 Å². The zero-order chi connectivity index (χ0) is 78.5. The van der Waals surface area contributed by atoms with E-state index in [1.54, 1.807) is 0 Å². The Kier molecular flexibility index (Phi) is 17.4. The summed E-state index contributed by atoms with van der Waals surface area (Å²) in [5.74, 6) is 0. The molecule has 4 heteroatoms. The van der Waals surface area contributed by atoms with Gasteiger partial charge in [-0.15, -0.1) is 0 Å². The predicted molar refractivity (Wildman–Crippen MR) is 504 cm³/mol. The molecule has 22 rings (SSSR count). The predicted octanol–water partition coefficient (Wildman–Crippen LogP) is 27.2. The normalized spacial score (nSPS) is 12.5. The summed E-state index contributed by atoms with van der Waals surface area (Å²) >= 11 is 0. The molecule has 0 fully saturated rings. The first-order chi connectivity index (χ1) is 58.1. The fourth-order valence-corrected chi connectivity index (χ4v) is 20.1. The van der Waals surface area contributed by atoms with E-state index in [1.165, 1.54) is 210 Å². The molecule has 0 spiro atoms. The fraction of sp³-hybridized carbons (Fsp3) is 0.0877. The molecule has 2 aliphatic heterocycles. The highest BCUT2D eigenvalue weighted by atomic mass is 15.2. The van der Waals surface area contributed by atoms with Crippen LogP contribution in [-0.4, -0.2) is 24.4 Å². The number of anilines is 4. The molecule has 0 N–H and O–H groups in total. The van der Waals surface area contributed by atoms with Crippen molar-refractivity contribution in [1.82, 2.24) is 4.57 Å². The summed E-state index contributed by atoms with van der Waals surface area (Å²) in [6, 6.07) is 150. The molecule has 0 amide bonds. The number of aromatic nitrogens is 1. The molecule has 0 aliphatic carbocycles. The second kappa shape index (κ2) is 29.0. The maximum Gasteiger partial charge on any atom is 0.252 e. The summed E-state index contributed by atoms with van der Waals surface area (Å²) in [6.45, 7) is 8.22. The minimum atomic E-state index is -0.136. The lowest BCUT2D eigenvalue weighted by Crippen LogP contribution is -2.62. The van der Waals surface area contributed by atoms with Crippen molar-refractivity contribution in [3.63, 3.8) is 0 Å². The molecule has 560 valence electrons. The third kappa shape index (κ3) is 12.4. The second-order valence-electron chi connectivity index (χ2n) is 33.6. The van der Waals surface area contributed by atoms with Gasteiger partial charge in [0, 0.05) is 52.3 Å². The molecule has 0 bridgehead atoms. The van der Waals surface area contributed by atoms with Gasteiger partial charge < -0.3 is 14.4 Å². The van der Waals surface area contributed by atoms with Crippen LogP contribution < -0.4 is 26.2 Å². The zero-order valence-electron chi connectivity index (χ0n) is 66.7. The first-order valence-corrected chi connectivity index (χ1v) is 42.0. The van der Waals surface area contributed by atoms with Crippen LogP contribution in [0.15, 0.2) is 394 Å². The van der Waals surface area contributed by atoms with Crippen molar-refractivity contribution in [3.05, 3.63) is 433 Å². The van der Waals surface area contributed by atoms with Crippen LogP contribution in [0.1, 0.15) is 59.7 Å². The van der Waals surface area contributed by atoms with E-state index in [9.17, 15) is 0 Å². The molecule has 0 saturated heterocycles. The summed E-state index contributed by atoms with van der Waals surface area (Å²) in [7, 11) is 0. The van der Waals surface area contributed by atoms with Gasteiger partial charge in [-0.25, -0.2) is 0 Å². The molecule has 0 saturated carbocycles. The van der Waals surface area contributed by atoms with Crippen molar-refractivity contribution in [2.75, 3.05) is 22.9 Å². The fourth-order valence-electron chi connectivity index (χ4n) is 20.1. The van der Waals surface area contributed by atoms with E-state index in [2.05, 4.69) is 429 Å². The molecule has 3 nitrogen and oxygen atoms in total. The maximum atomic E-state index is 2.79. The van der Waals surface area contributed by atoms with Gasteiger partial charge in [0.2, 0.25) is 0 Å². The Morgan fingerprint density at radius 1 is 0.263 bits per heavy atom. The van der Waals surface area contributed by atoms with Crippen LogP contribution in [-0.2, 0) is 31.1 Å². The van der Waals surface area contributed by atoms with Crippen LogP contribution in [0.4, 0.5) is 22.7 Å². The molecule has 20 aromatic rings. The highest BCUT2D eigenvalue weighted by molar-refractivity contribution is 7.00. The van der Waals surface area contributed by atoms with Crippen LogP contribution in [0.25, 0.3) is 137 Å². The van der Waals surface area contributed by atoms with Crippen LogP contribution in [0.2, 0.25) is 0 Å². The molecule has 3 heterocycles. The van der Waals surface area contributed by atoms with Crippen molar-refractivity contribution in [1.29, 1.82) is 0 Å².